The molecule has 0 bridgehead atoms. The van der Waals surface area contributed by atoms with E-state index in [1.165, 1.54) is 13.0 Å². The van der Waals surface area contributed by atoms with Crippen molar-refractivity contribution in [2.24, 2.45) is 0 Å². The Bertz CT molecular complexity index is 172. The fourth-order valence-electron chi connectivity index (χ4n) is 1.97. The van der Waals surface area contributed by atoms with Crippen LogP contribution >= 0.6 is 0 Å². The molecule has 0 amide bonds. The van der Waals surface area contributed by atoms with Crippen molar-refractivity contribution in [3.8, 4) is 0 Å². The van der Waals surface area contributed by atoms with Crippen LogP contribution in [0.1, 0.15) is 35.0 Å². The summed E-state index contributed by atoms with van der Waals surface area (Å²) in [6.45, 7) is 12.9. The van der Waals surface area contributed by atoms with Gasteiger partial charge >= 0.3 is 0 Å². The number of nitrogens with one attached hydrogen (secondary N) is 1. The predicted octanol–water partition coefficient (Wildman–Crippen LogP) is 2.00. The average Bonchev–Trinajstić information content (AvgIpc) is 2.42. The lowest BCUT2D eigenvalue weighted by Crippen LogP contribution is -2.44. The van der Waals surface area contributed by atoms with Crippen LogP contribution in [-0.4, -0.2) is 64.1 Å². The number of hydrogen-bond donors (Lipinski definition) is 1. The van der Waals surface area contributed by atoms with E-state index in [0.717, 1.165) is 45.9 Å². The molecular formula is C14H34N2O2. The minimum absolute atomic E-state index is 0. The van der Waals surface area contributed by atoms with Crippen molar-refractivity contribution in [2.75, 3.05) is 53.0 Å². The largest absolute Gasteiger partial charge is 0.379 e. The minimum atomic E-state index is 0. The third kappa shape index (κ3) is 8.86. The van der Waals surface area contributed by atoms with Crippen LogP contribution in [0.15, 0.2) is 0 Å². The molecule has 0 saturated carbocycles. The van der Waals surface area contributed by atoms with Gasteiger partial charge in [0.1, 0.15) is 0 Å². The molecule has 1 N–H and O–H groups in total. The molecule has 0 unspecified atom stereocenters. The van der Waals surface area contributed by atoms with Crippen LogP contribution in [0.2, 0.25) is 0 Å². The lowest BCUT2D eigenvalue weighted by Gasteiger charge is -2.32. The maximum atomic E-state index is 5.68. The van der Waals surface area contributed by atoms with Crippen molar-refractivity contribution in [1.82, 2.24) is 10.2 Å². The van der Waals surface area contributed by atoms with E-state index < -0.39 is 0 Å². The van der Waals surface area contributed by atoms with Crippen molar-refractivity contribution in [2.45, 2.75) is 39.7 Å². The van der Waals surface area contributed by atoms with Crippen molar-refractivity contribution in [3.63, 3.8) is 0 Å². The van der Waals surface area contributed by atoms with E-state index in [1.54, 1.807) is 0 Å². The van der Waals surface area contributed by atoms with Crippen LogP contribution in [-0.2, 0) is 9.47 Å². The summed E-state index contributed by atoms with van der Waals surface area (Å²) in [7, 11) is 1.97. The van der Waals surface area contributed by atoms with Crippen LogP contribution in [0.4, 0.5) is 0 Å². The minimum Gasteiger partial charge on any atom is -0.379 e. The second kappa shape index (κ2) is 13.3. The van der Waals surface area contributed by atoms with Crippen LogP contribution in [0.5, 0.6) is 0 Å². The highest BCUT2D eigenvalue weighted by atomic mass is 16.5. The maximum absolute atomic E-state index is 5.68. The van der Waals surface area contributed by atoms with Crippen molar-refractivity contribution in [3.05, 3.63) is 0 Å². The first-order valence-corrected chi connectivity index (χ1v) is 7.43. The van der Waals surface area contributed by atoms with Gasteiger partial charge in [-0.15, -0.1) is 0 Å². The Morgan fingerprint density at radius 3 is 2.89 bits per heavy atom. The van der Waals surface area contributed by atoms with Crippen LogP contribution in [0, 0.1) is 0 Å². The van der Waals surface area contributed by atoms with Gasteiger partial charge in [-0.05, 0) is 33.0 Å². The Hall–Kier alpha value is -0.160. The van der Waals surface area contributed by atoms with E-state index in [9.17, 15) is 0 Å². The van der Waals surface area contributed by atoms with E-state index in [0.29, 0.717) is 0 Å². The number of morpholine rings is 1. The molecule has 0 aromatic carbocycles. The molecule has 1 aliphatic heterocycles. The van der Waals surface area contributed by atoms with Crippen molar-refractivity contribution < 1.29 is 10.9 Å². The van der Waals surface area contributed by atoms with Crippen molar-refractivity contribution >= 4 is 0 Å². The Balaban J connectivity index is 0. The molecule has 4 heteroatoms. The summed E-state index contributed by atoms with van der Waals surface area (Å²) in [4.78, 5) is 2.46. The summed E-state index contributed by atoms with van der Waals surface area (Å²) in [5.74, 6) is 0. The Labute approximate surface area is 115 Å². The average molecular weight is 262 g/mol. The summed E-state index contributed by atoms with van der Waals surface area (Å²) in [6.07, 6.45) is 2.56. The summed E-state index contributed by atoms with van der Waals surface area (Å²) >= 11 is 0. The lowest BCUT2D eigenvalue weighted by atomic mass is 10.2. The molecule has 0 aromatic rings. The van der Waals surface area contributed by atoms with E-state index in [2.05, 4.69) is 17.1 Å². The number of hydrogen-bond acceptors (Lipinski definition) is 4. The van der Waals surface area contributed by atoms with Gasteiger partial charge in [0.25, 0.3) is 0 Å². The molecule has 112 valence electrons. The first kappa shape index (κ1) is 17.8. The number of nitrogens with zero attached hydrogens (tertiary/aromatic N) is 1. The van der Waals surface area contributed by atoms with Gasteiger partial charge in [-0.1, -0.05) is 20.8 Å². The second-order valence-electron chi connectivity index (χ2n) is 4.33. The molecule has 1 rings (SSSR count). The Morgan fingerprint density at radius 1 is 1.44 bits per heavy atom. The van der Waals surface area contributed by atoms with Gasteiger partial charge in [-0.3, -0.25) is 4.90 Å². The first-order chi connectivity index (χ1) is 8.86. The monoisotopic (exact) mass is 262 g/mol. The molecule has 1 saturated heterocycles. The maximum Gasteiger partial charge on any atom is 0.0935 e. The highest BCUT2D eigenvalue weighted by Crippen LogP contribution is 2.06. The molecule has 1 atom stereocenters. The normalized spacial score (nSPS) is 20.3. The lowest BCUT2D eigenvalue weighted by molar-refractivity contribution is -0.0690. The number of ether oxygens (including phenoxy) is 2. The summed E-state index contributed by atoms with van der Waals surface area (Å²) in [6, 6.07) is 0. The van der Waals surface area contributed by atoms with Gasteiger partial charge in [0.15, 0.2) is 0 Å². The van der Waals surface area contributed by atoms with Gasteiger partial charge in [0, 0.05) is 21.1 Å². The first-order valence-electron chi connectivity index (χ1n) is 7.43. The topological polar surface area (TPSA) is 33.7 Å². The van der Waals surface area contributed by atoms with Crippen LogP contribution in [0.25, 0.3) is 0 Å². The zero-order valence-corrected chi connectivity index (χ0v) is 12.7. The molecule has 4 nitrogen and oxygen atoms in total. The highest BCUT2D eigenvalue weighted by molar-refractivity contribution is 4.70. The third-order valence-electron chi connectivity index (χ3n) is 2.78. The molecule has 1 aliphatic rings. The van der Waals surface area contributed by atoms with Crippen LogP contribution in [0.3, 0.4) is 0 Å². The Morgan fingerprint density at radius 2 is 2.22 bits per heavy atom. The van der Waals surface area contributed by atoms with Gasteiger partial charge < -0.3 is 14.8 Å². The molecule has 0 radical (unpaired) electrons. The van der Waals surface area contributed by atoms with E-state index in [4.69, 9.17) is 9.47 Å². The van der Waals surface area contributed by atoms with Crippen LogP contribution < -0.4 is 5.32 Å². The molecule has 0 aromatic heterocycles. The molecular weight excluding hydrogens is 228 g/mol. The smallest absolute Gasteiger partial charge is 0.0935 e. The van der Waals surface area contributed by atoms with Gasteiger partial charge in [-0.2, -0.15) is 0 Å². The summed E-state index contributed by atoms with van der Waals surface area (Å²) < 4.78 is 11.3. The second-order valence-corrected chi connectivity index (χ2v) is 4.33. The summed E-state index contributed by atoms with van der Waals surface area (Å²) in [5, 5.41) is 3.11. The van der Waals surface area contributed by atoms with E-state index in [-0.39, 0.29) is 7.53 Å². The highest BCUT2D eigenvalue weighted by Gasteiger charge is 2.19. The standard InChI is InChI=1S/C12H26N2O2.C2H6.H2/c1-3-6-14-7-9-16-12(10-14)11-15-8-4-5-13-2;1-2;/h12-13H,3-11H2,1-2H3;1-2H3;1H/t12-;;/m0../s1. The van der Waals surface area contributed by atoms with Gasteiger partial charge in [0.05, 0.1) is 19.3 Å². The van der Waals surface area contributed by atoms with Gasteiger partial charge in [0.2, 0.25) is 0 Å². The van der Waals surface area contributed by atoms with E-state index in [1.807, 2.05) is 20.9 Å². The molecule has 0 spiro atoms. The Kier molecular flexibility index (Phi) is 13.2. The zero-order valence-electron chi connectivity index (χ0n) is 12.7. The quantitative estimate of drug-likeness (QED) is 0.678. The van der Waals surface area contributed by atoms with E-state index >= 15 is 0 Å². The third-order valence-corrected chi connectivity index (χ3v) is 2.78. The SMILES string of the molecule is CC.CCCN1CCO[C@H](COCCCNC)C1.[HH]. The molecule has 18 heavy (non-hydrogen) atoms. The fraction of sp³-hybridized carbons (Fsp3) is 1.00. The van der Waals surface area contributed by atoms with Gasteiger partial charge in [-0.25, -0.2) is 0 Å². The molecule has 1 fully saturated rings. The fourth-order valence-corrected chi connectivity index (χ4v) is 1.97. The molecule has 1 heterocycles. The zero-order chi connectivity index (χ0) is 13.6. The molecule has 0 aliphatic carbocycles. The summed E-state index contributed by atoms with van der Waals surface area (Å²) in [5.41, 5.74) is 0. The van der Waals surface area contributed by atoms with Crippen molar-refractivity contribution in [1.29, 1.82) is 0 Å². The number of rotatable bonds is 8. The predicted molar refractivity (Wildman–Crippen MR) is 79.3 cm³/mol.